The van der Waals surface area contributed by atoms with Crippen LogP contribution in [-0.2, 0) is 9.59 Å². The van der Waals surface area contributed by atoms with Gasteiger partial charge in [-0.1, -0.05) is 155 Å². The molecule has 1 saturated heterocycles. The van der Waals surface area contributed by atoms with E-state index in [1.165, 1.54) is 128 Å². The van der Waals surface area contributed by atoms with Crippen LogP contribution in [0, 0.1) is 0 Å². The fourth-order valence-electron chi connectivity index (χ4n) is 5.34. The fourth-order valence-corrected chi connectivity index (χ4v) is 5.73. The summed E-state index contributed by atoms with van der Waals surface area (Å²) in [5, 5.41) is 0.451. The Morgan fingerprint density at radius 1 is 0.459 bits per heavy atom. The summed E-state index contributed by atoms with van der Waals surface area (Å²) in [6, 6.07) is 0. The van der Waals surface area contributed by atoms with Crippen molar-refractivity contribution >= 4 is 29.1 Å². The second-order valence-electron chi connectivity index (χ2n) is 11.3. The van der Waals surface area contributed by atoms with Gasteiger partial charge in [0.1, 0.15) is 6.42 Å². The molecule has 0 radical (unpaired) electrons. The van der Waals surface area contributed by atoms with Crippen molar-refractivity contribution in [2.24, 2.45) is 0 Å². The molecule has 4 nitrogen and oxygen atoms in total. The van der Waals surface area contributed by atoms with Crippen molar-refractivity contribution in [1.29, 1.82) is 0 Å². The lowest BCUT2D eigenvalue weighted by Crippen LogP contribution is -2.55. The van der Waals surface area contributed by atoms with Crippen LogP contribution in [-0.4, -0.2) is 39.8 Å². The number of hydrogen-bond acceptors (Lipinski definition) is 3. The molecule has 37 heavy (non-hydrogen) atoms. The average Bonchev–Trinajstić information content (AvgIpc) is 2.88. The number of nitrogens with zero attached hydrogens (tertiary/aromatic N) is 2. The Morgan fingerprint density at radius 2 is 0.703 bits per heavy atom. The van der Waals surface area contributed by atoms with Gasteiger partial charge in [-0.25, -0.2) is 0 Å². The average molecular weight is 537 g/mol. The molecule has 0 aromatic heterocycles. The molecule has 0 aliphatic carbocycles. The van der Waals surface area contributed by atoms with E-state index in [4.69, 9.17) is 12.2 Å². The third kappa shape index (κ3) is 17.3. The largest absolute Gasteiger partial charge is 0.288 e. The highest BCUT2D eigenvalue weighted by Gasteiger charge is 2.34. The predicted octanol–water partition coefficient (Wildman–Crippen LogP) is 9.73. The molecule has 1 aliphatic rings. The highest BCUT2D eigenvalue weighted by molar-refractivity contribution is 7.80. The van der Waals surface area contributed by atoms with E-state index in [-0.39, 0.29) is 18.2 Å². The normalized spacial score (nSPS) is 14.3. The Hall–Kier alpha value is -0.970. The molecule has 1 aliphatic heterocycles. The van der Waals surface area contributed by atoms with Crippen LogP contribution in [0.15, 0.2) is 0 Å². The van der Waals surface area contributed by atoms with E-state index in [9.17, 15) is 9.59 Å². The summed E-state index contributed by atoms with van der Waals surface area (Å²) < 4.78 is 0. The maximum atomic E-state index is 12.5. The van der Waals surface area contributed by atoms with Gasteiger partial charge in [-0.2, -0.15) is 0 Å². The second kappa shape index (κ2) is 24.1. The molecule has 0 N–H and O–H groups in total. The lowest BCUT2D eigenvalue weighted by molar-refractivity contribution is -0.140. The summed E-state index contributed by atoms with van der Waals surface area (Å²) in [5.41, 5.74) is 0. The van der Waals surface area contributed by atoms with Crippen LogP contribution >= 0.6 is 12.2 Å². The number of thiocarbonyl (C=S) groups is 1. The molecule has 216 valence electrons. The molecule has 0 atom stereocenters. The molecule has 1 heterocycles. The van der Waals surface area contributed by atoms with E-state index < -0.39 is 0 Å². The molecular weight excluding hydrogens is 476 g/mol. The van der Waals surface area contributed by atoms with E-state index in [1.54, 1.807) is 9.80 Å². The Kier molecular flexibility index (Phi) is 22.2. The maximum Gasteiger partial charge on any atom is 0.238 e. The van der Waals surface area contributed by atoms with Crippen molar-refractivity contribution in [3.63, 3.8) is 0 Å². The highest BCUT2D eigenvalue weighted by Crippen LogP contribution is 2.18. The molecule has 0 saturated carbocycles. The number of amides is 2. The van der Waals surface area contributed by atoms with Gasteiger partial charge in [-0.05, 0) is 25.1 Å². The summed E-state index contributed by atoms with van der Waals surface area (Å²) in [6.45, 7) is 5.87. The minimum Gasteiger partial charge on any atom is -0.288 e. The van der Waals surface area contributed by atoms with Crippen molar-refractivity contribution in [3.05, 3.63) is 0 Å². The van der Waals surface area contributed by atoms with Crippen LogP contribution in [0.4, 0.5) is 0 Å². The van der Waals surface area contributed by atoms with Crippen LogP contribution in [0.2, 0.25) is 0 Å². The van der Waals surface area contributed by atoms with Gasteiger partial charge in [0, 0.05) is 13.1 Å². The van der Waals surface area contributed by atoms with E-state index in [0.717, 1.165) is 25.7 Å². The van der Waals surface area contributed by atoms with Crippen LogP contribution in [0.5, 0.6) is 0 Å². The zero-order valence-electron chi connectivity index (χ0n) is 24.7. The molecule has 1 rings (SSSR count). The predicted molar refractivity (Wildman–Crippen MR) is 163 cm³/mol. The van der Waals surface area contributed by atoms with E-state index in [2.05, 4.69) is 13.8 Å². The van der Waals surface area contributed by atoms with Gasteiger partial charge in [0.05, 0.1) is 0 Å². The molecule has 0 bridgehead atoms. The molecular formula is C32H60N2O2S. The number of hydrogen-bond donors (Lipinski definition) is 0. The van der Waals surface area contributed by atoms with Gasteiger partial charge >= 0.3 is 0 Å². The minimum absolute atomic E-state index is 0.0172. The van der Waals surface area contributed by atoms with Gasteiger partial charge in [0.2, 0.25) is 11.8 Å². The smallest absolute Gasteiger partial charge is 0.238 e. The fraction of sp³-hybridized carbons (Fsp3) is 0.906. The molecule has 0 unspecified atom stereocenters. The quantitative estimate of drug-likeness (QED) is 0.0627. The zero-order valence-corrected chi connectivity index (χ0v) is 25.5. The Bertz CT molecular complexity index is 547. The Balaban J connectivity index is 2.08. The van der Waals surface area contributed by atoms with Crippen molar-refractivity contribution in [2.45, 2.75) is 174 Å². The first kappa shape index (κ1) is 34.1. The summed E-state index contributed by atoms with van der Waals surface area (Å²) in [7, 11) is 0. The third-order valence-corrected chi connectivity index (χ3v) is 8.28. The standard InChI is InChI=1S/C32H60N2O2S/c1-3-5-7-9-11-13-15-17-19-21-23-25-27-33-30(35)29-31(36)34(32(33)37)28-26-24-22-20-18-16-14-12-10-8-6-4-2/h3-29H2,1-2H3. The van der Waals surface area contributed by atoms with E-state index in [0.29, 0.717) is 18.2 Å². The Labute approximate surface area is 235 Å². The number of unbranched alkanes of at least 4 members (excludes halogenated alkanes) is 22. The van der Waals surface area contributed by atoms with Crippen molar-refractivity contribution in [1.82, 2.24) is 9.80 Å². The molecule has 5 heteroatoms. The summed E-state index contributed by atoms with van der Waals surface area (Å²) in [4.78, 5) is 28.3. The minimum atomic E-state index is -0.107. The topological polar surface area (TPSA) is 40.6 Å². The monoisotopic (exact) mass is 536 g/mol. The maximum absolute atomic E-state index is 12.5. The number of carbonyl (C=O) groups excluding carboxylic acids is 2. The first-order valence-electron chi connectivity index (χ1n) is 16.3. The van der Waals surface area contributed by atoms with Crippen molar-refractivity contribution < 1.29 is 9.59 Å². The van der Waals surface area contributed by atoms with Crippen LogP contribution in [0.1, 0.15) is 174 Å². The van der Waals surface area contributed by atoms with Gasteiger partial charge < -0.3 is 0 Å². The van der Waals surface area contributed by atoms with Gasteiger partial charge in [-0.3, -0.25) is 19.4 Å². The molecule has 0 aromatic rings. The summed E-state index contributed by atoms with van der Waals surface area (Å²) in [6.07, 6.45) is 31.2. The molecule has 0 spiro atoms. The van der Waals surface area contributed by atoms with E-state index >= 15 is 0 Å². The van der Waals surface area contributed by atoms with Gasteiger partial charge in [-0.15, -0.1) is 0 Å². The van der Waals surface area contributed by atoms with Crippen LogP contribution < -0.4 is 0 Å². The zero-order chi connectivity index (χ0) is 27.0. The molecule has 0 aromatic carbocycles. The number of rotatable bonds is 26. The van der Waals surface area contributed by atoms with Crippen molar-refractivity contribution in [2.75, 3.05) is 13.1 Å². The number of carbonyl (C=O) groups is 2. The van der Waals surface area contributed by atoms with Crippen molar-refractivity contribution in [3.8, 4) is 0 Å². The lowest BCUT2D eigenvalue weighted by atomic mass is 10.0. The summed E-state index contributed by atoms with van der Waals surface area (Å²) in [5.74, 6) is -0.215. The highest BCUT2D eigenvalue weighted by atomic mass is 32.1. The Morgan fingerprint density at radius 3 is 0.973 bits per heavy atom. The van der Waals surface area contributed by atoms with Crippen LogP contribution in [0.3, 0.4) is 0 Å². The van der Waals surface area contributed by atoms with E-state index in [1.807, 2.05) is 0 Å². The first-order chi connectivity index (χ1) is 18.1. The van der Waals surface area contributed by atoms with Crippen LogP contribution in [0.25, 0.3) is 0 Å². The summed E-state index contributed by atoms with van der Waals surface area (Å²) >= 11 is 5.59. The van der Waals surface area contributed by atoms with Gasteiger partial charge in [0.15, 0.2) is 5.11 Å². The molecule has 2 amide bonds. The second-order valence-corrected chi connectivity index (χ2v) is 11.7. The van der Waals surface area contributed by atoms with Gasteiger partial charge in [0.25, 0.3) is 0 Å². The molecule has 1 fully saturated rings. The lowest BCUT2D eigenvalue weighted by Gasteiger charge is -2.35. The SMILES string of the molecule is CCCCCCCCCCCCCCN1C(=O)CC(=O)N(CCCCCCCCCCCCCC)C1=S. The third-order valence-electron chi connectivity index (χ3n) is 7.84. The first-order valence-corrected chi connectivity index (χ1v) is 16.7.